The van der Waals surface area contributed by atoms with E-state index in [1.807, 2.05) is 6.92 Å². The summed E-state index contributed by atoms with van der Waals surface area (Å²) in [5.74, 6) is 0. The zero-order valence-electron chi connectivity index (χ0n) is 11.0. The molecule has 0 saturated heterocycles. The zero-order valence-corrected chi connectivity index (χ0v) is 11.8. The monoisotopic (exact) mass is 309 g/mol. The fourth-order valence-electron chi connectivity index (χ4n) is 0.927. The van der Waals surface area contributed by atoms with Gasteiger partial charge in [-0.15, -0.1) is 0 Å². The number of hydrogen-bond donors (Lipinski definition) is 4. The Bertz CT molecular complexity index is 440. The molecule has 0 saturated carbocycles. The van der Waals surface area contributed by atoms with Crippen molar-refractivity contribution in [1.29, 1.82) is 0 Å². The van der Waals surface area contributed by atoms with Crippen LogP contribution < -0.4 is 5.64 Å². The third kappa shape index (κ3) is 9.81. The van der Waals surface area contributed by atoms with Crippen LogP contribution in [0, 0.1) is 6.92 Å². The average Bonchev–Trinajstić information content (AvgIpc) is 2.39. The van der Waals surface area contributed by atoms with E-state index in [9.17, 15) is 8.42 Å². The van der Waals surface area contributed by atoms with Crippen LogP contribution in [0.25, 0.3) is 0 Å². The lowest BCUT2D eigenvalue weighted by atomic mass is 10.2. The molecule has 0 amide bonds. The fraction of sp³-hybridized carbons (Fsp3) is 0.455. The first-order valence-electron chi connectivity index (χ1n) is 5.66. The number of rotatable bonds is 7. The molecule has 0 aliphatic rings. The lowest BCUT2D eigenvalue weighted by Gasteiger charge is -2.01. The number of aryl methyl sites for hydroxylation is 1. The minimum absolute atomic E-state index is 0.0600. The van der Waals surface area contributed by atoms with Crippen LogP contribution in [0.5, 0.6) is 0 Å². The summed E-state index contributed by atoms with van der Waals surface area (Å²) in [6.45, 7) is 2.07. The van der Waals surface area contributed by atoms with Crippen molar-refractivity contribution in [3.63, 3.8) is 0 Å². The van der Waals surface area contributed by atoms with Gasteiger partial charge in [0.25, 0.3) is 10.1 Å². The van der Waals surface area contributed by atoms with Crippen LogP contribution in [0.2, 0.25) is 0 Å². The van der Waals surface area contributed by atoms with Crippen molar-refractivity contribution in [2.75, 3.05) is 26.4 Å². The summed E-state index contributed by atoms with van der Waals surface area (Å²) < 4.78 is 29.6. The molecule has 0 fully saturated rings. The minimum Gasteiger partial charge on any atom is -0.394 e. The molecule has 4 N–H and O–H groups in total. The van der Waals surface area contributed by atoms with Gasteiger partial charge in [-0.2, -0.15) is 8.42 Å². The average molecular weight is 309 g/mol. The van der Waals surface area contributed by atoms with Crippen LogP contribution in [0.15, 0.2) is 29.2 Å². The molecule has 1 aromatic carbocycles. The molecule has 0 heterocycles. The summed E-state index contributed by atoms with van der Waals surface area (Å²) in [6.07, 6.45) is 0. The molecule has 0 radical (unpaired) electrons. The maximum Gasteiger partial charge on any atom is 0.294 e. The van der Waals surface area contributed by atoms with Gasteiger partial charge in [0.15, 0.2) is 0 Å². The van der Waals surface area contributed by atoms with Gasteiger partial charge in [-0.3, -0.25) is 14.2 Å². The smallest absolute Gasteiger partial charge is 0.294 e. The Morgan fingerprint density at radius 1 is 1.05 bits per heavy atom. The number of benzene rings is 1. The van der Waals surface area contributed by atoms with Gasteiger partial charge in [-0.05, 0) is 19.1 Å². The van der Waals surface area contributed by atoms with Crippen LogP contribution in [0.3, 0.4) is 0 Å². The van der Waals surface area contributed by atoms with Crippen LogP contribution in [-0.2, 0) is 19.8 Å². The number of aliphatic hydroxyl groups excluding tert-OH is 2. The first-order valence-corrected chi connectivity index (χ1v) is 7.10. The molecule has 0 unspecified atom stereocenters. The summed E-state index contributed by atoms with van der Waals surface area (Å²) in [6, 6.07) is 5.99. The third-order valence-corrected chi connectivity index (χ3v) is 2.69. The Morgan fingerprint density at radius 2 is 1.50 bits per heavy atom. The summed E-state index contributed by atoms with van der Waals surface area (Å²) in [7, 11) is -4.02. The first kappa shape index (κ1) is 18.9. The molecule has 1 aromatic rings. The Kier molecular flexibility index (Phi) is 10.1. The van der Waals surface area contributed by atoms with Gasteiger partial charge in [0.2, 0.25) is 0 Å². The Morgan fingerprint density at radius 3 is 1.85 bits per heavy atom. The summed E-state index contributed by atoms with van der Waals surface area (Å²) in [4.78, 5) is 8.84. The minimum atomic E-state index is -4.02. The largest absolute Gasteiger partial charge is 0.394 e. The third-order valence-electron chi connectivity index (χ3n) is 1.82. The van der Waals surface area contributed by atoms with Gasteiger partial charge >= 0.3 is 0 Å². The van der Waals surface area contributed by atoms with Gasteiger partial charge in [0, 0.05) is 0 Å². The second kappa shape index (κ2) is 10.7. The van der Waals surface area contributed by atoms with E-state index in [0.29, 0.717) is 0 Å². The molecule has 8 nitrogen and oxygen atoms in total. The molecular weight excluding hydrogens is 290 g/mol. The van der Waals surface area contributed by atoms with E-state index < -0.39 is 10.1 Å². The van der Waals surface area contributed by atoms with Crippen molar-refractivity contribution >= 4 is 10.1 Å². The normalized spacial score (nSPS) is 10.8. The molecule has 0 aromatic heterocycles. The molecule has 0 spiro atoms. The van der Waals surface area contributed by atoms with Crippen LogP contribution in [0.1, 0.15) is 5.56 Å². The van der Waals surface area contributed by atoms with E-state index in [1.165, 1.54) is 12.1 Å². The highest BCUT2D eigenvalue weighted by Gasteiger charge is 2.06. The summed E-state index contributed by atoms with van der Waals surface area (Å²) in [5.41, 5.74) is 3.02. The molecule has 0 aliphatic carbocycles. The highest BCUT2D eigenvalue weighted by atomic mass is 32.2. The Hall–Kier alpha value is -1.07. The van der Waals surface area contributed by atoms with Crippen molar-refractivity contribution in [3.8, 4) is 0 Å². The first-order chi connectivity index (χ1) is 9.41. The van der Waals surface area contributed by atoms with Crippen molar-refractivity contribution in [2.45, 2.75) is 11.8 Å². The second-order valence-corrected chi connectivity index (χ2v) is 4.94. The maximum atomic E-state index is 10.5. The van der Waals surface area contributed by atoms with Crippen molar-refractivity contribution < 1.29 is 32.9 Å². The van der Waals surface area contributed by atoms with Crippen molar-refractivity contribution in [1.82, 2.24) is 5.64 Å². The standard InChI is InChI=1S/C7H8O3S.C4H11NO4/c1-6-2-4-7(5-3-6)11(8,9)10;6-1-3-8-5-9-4-2-7/h2-5H,1H3,(H,8,9,10);5-7H,1-4H2. The SMILES string of the molecule is Cc1ccc(S(=O)(=O)O)cc1.OCCONOCCO. The molecule has 0 atom stereocenters. The topological polar surface area (TPSA) is 125 Å². The number of aliphatic hydroxyl groups is 2. The second-order valence-electron chi connectivity index (χ2n) is 3.52. The Labute approximate surface area is 117 Å². The van der Waals surface area contributed by atoms with E-state index >= 15 is 0 Å². The molecular formula is C11H19NO7S. The van der Waals surface area contributed by atoms with Crippen molar-refractivity contribution in [3.05, 3.63) is 29.8 Å². The van der Waals surface area contributed by atoms with Crippen LogP contribution in [-0.4, -0.2) is 49.6 Å². The summed E-state index contributed by atoms with van der Waals surface area (Å²) in [5, 5.41) is 16.3. The van der Waals surface area contributed by atoms with Crippen LogP contribution >= 0.6 is 0 Å². The predicted molar refractivity (Wildman–Crippen MR) is 70.2 cm³/mol. The van der Waals surface area contributed by atoms with E-state index in [2.05, 4.69) is 15.3 Å². The molecule has 0 bridgehead atoms. The van der Waals surface area contributed by atoms with E-state index in [-0.39, 0.29) is 31.3 Å². The van der Waals surface area contributed by atoms with Gasteiger partial charge in [0.05, 0.1) is 31.3 Å². The lowest BCUT2D eigenvalue weighted by molar-refractivity contribution is -0.178. The molecule has 116 valence electrons. The highest BCUT2D eigenvalue weighted by Crippen LogP contribution is 2.08. The lowest BCUT2D eigenvalue weighted by Crippen LogP contribution is -2.19. The molecule has 1 rings (SSSR count). The predicted octanol–water partition coefficient (Wildman–Crippen LogP) is -0.334. The van der Waals surface area contributed by atoms with Crippen molar-refractivity contribution in [2.24, 2.45) is 0 Å². The zero-order chi connectivity index (χ0) is 15.4. The number of nitrogens with one attached hydrogen (secondary N) is 1. The molecule has 20 heavy (non-hydrogen) atoms. The molecule has 0 aliphatic heterocycles. The van der Waals surface area contributed by atoms with Gasteiger partial charge in [-0.1, -0.05) is 23.3 Å². The van der Waals surface area contributed by atoms with Crippen LogP contribution in [0.4, 0.5) is 0 Å². The van der Waals surface area contributed by atoms with E-state index in [1.54, 1.807) is 12.1 Å². The van der Waals surface area contributed by atoms with E-state index in [4.69, 9.17) is 14.8 Å². The summed E-state index contributed by atoms with van der Waals surface area (Å²) >= 11 is 0. The van der Waals surface area contributed by atoms with Gasteiger partial charge in [-0.25, -0.2) is 0 Å². The number of hydrogen-bond acceptors (Lipinski definition) is 7. The maximum absolute atomic E-state index is 10.5. The Balaban J connectivity index is 0.000000370. The van der Waals surface area contributed by atoms with Gasteiger partial charge < -0.3 is 10.2 Å². The van der Waals surface area contributed by atoms with Gasteiger partial charge in [0.1, 0.15) is 0 Å². The quantitative estimate of drug-likeness (QED) is 0.306. The molecule has 9 heteroatoms. The van der Waals surface area contributed by atoms with E-state index in [0.717, 1.165) is 5.56 Å². The fourth-order valence-corrected chi connectivity index (χ4v) is 1.41. The highest BCUT2D eigenvalue weighted by molar-refractivity contribution is 7.85.